The Hall–Kier alpha value is -1.42. The zero-order valence-corrected chi connectivity index (χ0v) is 15.4. The van der Waals surface area contributed by atoms with Crippen LogP contribution in [0.15, 0.2) is 6.33 Å². The van der Waals surface area contributed by atoms with Crippen LogP contribution in [0.2, 0.25) is 0 Å². The summed E-state index contributed by atoms with van der Waals surface area (Å²) in [7, 11) is -10.4. The molecule has 0 spiro atoms. The Balaban J connectivity index is 1.47. The Bertz CT molecular complexity index is 883. The van der Waals surface area contributed by atoms with Gasteiger partial charge in [-0.1, -0.05) is 0 Å². The minimum atomic E-state index is -5.30. The molecule has 2 saturated heterocycles. The molecule has 0 bridgehead atoms. The number of aromatic nitrogens is 2. The number of hydrogen-bond acceptors (Lipinski definition) is 13. The molecule has 0 aromatic carbocycles. The smallest absolute Gasteiger partial charge is 0.387 e. The number of anilines is 3. The van der Waals surface area contributed by atoms with Crippen LogP contribution in [0.5, 0.6) is 0 Å². The van der Waals surface area contributed by atoms with Crippen LogP contribution in [-0.4, -0.2) is 72.4 Å². The minimum Gasteiger partial charge on any atom is -0.387 e. The van der Waals surface area contributed by atoms with Crippen molar-refractivity contribution in [3.8, 4) is 0 Å². The Morgan fingerprint density at radius 1 is 1.21 bits per heavy atom. The van der Waals surface area contributed by atoms with Gasteiger partial charge in [-0.15, -0.1) is 0 Å². The van der Waals surface area contributed by atoms with Gasteiger partial charge < -0.3 is 35.4 Å². The molecule has 0 aliphatic carbocycles. The molecular weight excluding hydrogens is 428 g/mol. The van der Waals surface area contributed by atoms with E-state index in [1.165, 1.54) is 16.3 Å². The highest BCUT2D eigenvalue weighted by molar-refractivity contribution is 7.60. The molecule has 7 N–H and O–H groups in total. The van der Waals surface area contributed by atoms with Gasteiger partial charge in [-0.25, -0.2) is 23.9 Å². The molecule has 16 nitrogen and oxygen atoms in total. The van der Waals surface area contributed by atoms with Crippen molar-refractivity contribution in [1.82, 2.24) is 9.97 Å². The van der Waals surface area contributed by atoms with Crippen molar-refractivity contribution in [3.05, 3.63) is 6.33 Å². The maximum Gasteiger partial charge on any atom is 0.481 e. The Labute approximate surface area is 155 Å². The first-order valence-corrected chi connectivity index (χ1v) is 10.6. The number of nitrogen functional groups attached to an aromatic ring is 1. The number of hydrogen-bond donors (Lipinski definition) is 6. The van der Waals surface area contributed by atoms with E-state index >= 15 is 0 Å². The van der Waals surface area contributed by atoms with Crippen molar-refractivity contribution >= 4 is 33.0 Å². The number of fused-ring (bicyclic) bond motifs is 3. The summed E-state index contributed by atoms with van der Waals surface area (Å²) in [5, 5.41) is 21.9. The van der Waals surface area contributed by atoms with Gasteiger partial charge in [0.15, 0.2) is 23.6 Å². The normalized spacial score (nSPS) is 33.5. The number of nitrogens with zero attached hydrogens (tertiary/aromatic N) is 4. The lowest BCUT2D eigenvalue weighted by Crippen LogP contribution is -2.45. The Morgan fingerprint density at radius 2 is 1.93 bits per heavy atom. The van der Waals surface area contributed by atoms with Gasteiger partial charge in [-0.3, -0.25) is 9.42 Å². The summed E-state index contributed by atoms with van der Waals surface area (Å²) in [6.07, 6.45) is -5.14. The number of nitrogens with two attached hydrogens (primary N) is 1. The zero-order chi connectivity index (χ0) is 20.4. The molecule has 2 fully saturated rings. The largest absolute Gasteiger partial charge is 0.481 e. The molecule has 4 rings (SSSR count). The summed E-state index contributed by atoms with van der Waals surface area (Å²) in [4.78, 5) is 41.0. The summed E-state index contributed by atoms with van der Waals surface area (Å²) in [5.41, 5.74) is 6.13. The fourth-order valence-corrected chi connectivity index (χ4v) is 4.56. The molecule has 3 aliphatic heterocycles. The van der Waals surface area contributed by atoms with Crippen molar-refractivity contribution in [3.63, 3.8) is 0 Å². The third kappa shape index (κ3) is 3.49. The average molecular weight is 443 g/mol. The molecule has 1 aromatic rings. The van der Waals surface area contributed by atoms with Crippen LogP contribution in [-0.2, 0) is 27.5 Å². The summed E-state index contributed by atoms with van der Waals surface area (Å²) in [6.45, 7) is -0.815. The van der Waals surface area contributed by atoms with Gasteiger partial charge in [-0.05, 0) is 0 Å². The van der Waals surface area contributed by atoms with Crippen LogP contribution in [0.3, 0.4) is 0 Å². The number of ether oxygens (including phenoxy) is 1. The average Bonchev–Trinajstić information content (AvgIpc) is 3.19. The SMILES string of the molecule is Nc1ncnc2c1N1O[C@H]1N2[C@@H]1O[C@H](COP(=O)(O)OP(=O)(O)O)[C@@H](O)[C@H]1O. The number of aliphatic hydroxyl groups excluding tert-OH is 2. The van der Waals surface area contributed by atoms with E-state index < -0.39 is 53.1 Å². The lowest BCUT2D eigenvalue weighted by atomic mass is 10.1. The van der Waals surface area contributed by atoms with Crippen molar-refractivity contribution in [1.29, 1.82) is 0 Å². The highest BCUT2D eigenvalue weighted by Gasteiger charge is 2.60. The second-order valence-electron chi connectivity index (χ2n) is 5.98. The zero-order valence-electron chi connectivity index (χ0n) is 13.6. The number of rotatable bonds is 6. The maximum absolute atomic E-state index is 11.5. The van der Waals surface area contributed by atoms with Crippen LogP contribution < -0.4 is 15.7 Å². The van der Waals surface area contributed by atoms with E-state index in [1.54, 1.807) is 0 Å². The van der Waals surface area contributed by atoms with Gasteiger partial charge in [0.25, 0.3) is 6.35 Å². The second-order valence-corrected chi connectivity index (χ2v) is 8.81. The second kappa shape index (κ2) is 6.55. The van der Waals surface area contributed by atoms with Crippen molar-refractivity contribution in [2.24, 2.45) is 0 Å². The lowest BCUT2D eigenvalue weighted by molar-refractivity contribution is -0.0243. The summed E-state index contributed by atoms with van der Waals surface area (Å²) >= 11 is 0. The third-order valence-corrected chi connectivity index (χ3v) is 6.27. The molecule has 3 aliphatic rings. The minimum absolute atomic E-state index is 0.124. The summed E-state index contributed by atoms with van der Waals surface area (Å²) < 4.78 is 35.8. The van der Waals surface area contributed by atoms with Crippen molar-refractivity contribution in [2.75, 3.05) is 22.3 Å². The lowest BCUT2D eigenvalue weighted by Gasteiger charge is -2.26. The maximum atomic E-state index is 11.5. The molecule has 1 unspecified atom stereocenters. The number of phosphoric ester groups is 1. The molecular formula is C10H15N5O11P2. The van der Waals surface area contributed by atoms with E-state index in [2.05, 4.69) is 18.8 Å². The molecule has 156 valence electrons. The van der Waals surface area contributed by atoms with Crippen LogP contribution in [0.4, 0.5) is 17.3 Å². The van der Waals surface area contributed by atoms with E-state index in [4.69, 9.17) is 25.1 Å². The first kappa shape index (κ1) is 19.9. The molecule has 0 saturated carbocycles. The fraction of sp³-hybridized carbons (Fsp3) is 0.600. The predicted octanol–water partition coefficient (Wildman–Crippen LogP) is -2.41. The molecule has 6 atom stereocenters. The van der Waals surface area contributed by atoms with Crippen LogP contribution >= 0.6 is 15.6 Å². The van der Waals surface area contributed by atoms with E-state index in [1.807, 2.05) is 0 Å². The van der Waals surface area contributed by atoms with E-state index in [9.17, 15) is 24.2 Å². The van der Waals surface area contributed by atoms with Gasteiger partial charge in [0.05, 0.1) is 6.61 Å². The van der Waals surface area contributed by atoms with Gasteiger partial charge in [0.2, 0.25) is 0 Å². The predicted molar refractivity (Wildman–Crippen MR) is 85.9 cm³/mol. The quantitative estimate of drug-likeness (QED) is 0.198. The third-order valence-electron chi connectivity index (χ3n) is 4.12. The van der Waals surface area contributed by atoms with Crippen LogP contribution in [0.1, 0.15) is 0 Å². The Kier molecular flexibility index (Phi) is 4.65. The van der Waals surface area contributed by atoms with Gasteiger partial charge in [0, 0.05) is 0 Å². The van der Waals surface area contributed by atoms with E-state index in [-0.39, 0.29) is 11.6 Å². The molecule has 4 heterocycles. The van der Waals surface area contributed by atoms with Crippen molar-refractivity contribution in [2.45, 2.75) is 30.9 Å². The number of phosphoric acid groups is 2. The highest BCUT2D eigenvalue weighted by atomic mass is 31.3. The highest BCUT2D eigenvalue weighted by Crippen LogP contribution is 2.58. The molecule has 18 heteroatoms. The monoisotopic (exact) mass is 443 g/mol. The molecule has 0 radical (unpaired) electrons. The molecule has 1 aromatic heterocycles. The molecule has 0 amide bonds. The standard InChI is InChI=1S/C10H15N5O11P2/c11-7-4-8(13-2-12-7)14(10-15(4)25-10)9-6(17)5(16)3(24-9)1-23-28(21,22)26-27(18,19)20/h2-3,5-6,9-10,16-17H,1H2,(H,21,22)(H2,11,12,13)(H2,18,19,20)/t3-,5-,6-,9-,10+,15?/m1/s1. The topological polar surface area (TPSA) is 234 Å². The number of hydroxylamine groups is 1. The summed E-state index contributed by atoms with van der Waals surface area (Å²) in [6, 6.07) is 0. The first-order chi connectivity index (χ1) is 13.0. The summed E-state index contributed by atoms with van der Waals surface area (Å²) in [5.74, 6) is 0.401. The van der Waals surface area contributed by atoms with Crippen LogP contribution in [0.25, 0.3) is 0 Å². The fourth-order valence-electron chi connectivity index (χ4n) is 2.96. The Morgan fingerprint density at radius 3 is 2.61 bits per heavy atom. The first-order valence-electron chi connectivity index (χ1n) is 7.59. The van der Waals surface area contributed by atoms with E-state index in [0.29, 0.717) is 5.69 Å². The van der Waals surface area contributed by atoms with Gasteiger partial charge >= 0.3 is 15.6 Å². The van der Waals surface area contributed by atoms with Crippen molar-refractivity contribution < 1.29 is 52.4 Å². The van der Waals surface area contributed by atoms with Crippen LogP contribution in [0, 0.1) is 0 Å². The van der Waals surface area contributed by atoms with Gasteiger partial charge in [-0.2, -0.15) is 9.37 Å². The number of aliphatic hydroxyl groups is 2. The molecule has 28 heavy (non-hydrogen) atoms. The van der Waals surface area contributed by atoms with Gasteiger partial charge in [0.1, 0.15) is 24.6 Å². The van der Waals surface area contributed by atoms with E-state index in [0.717, 1.165) is 0 Å².